The Balaban J connectivity index is 2.56. The quantitative estimate of drug-likeness (QED) is 0.835. The lowest BCUT2D eigenvalue weighted by atomic mass is 9.96. The topological polar surface area (TPSA) is 62.3 Å². The van der Waals surface area contributed by atoms with Gasteiger partial charge >= 0.3 is 0 Å². The largest absolute Gasteiger partial charge is 0.359 e. The number of aromatic nitrogens is 1. The van der Waals surface area contributed by atoms with Gasteiger partial charge in [-0.1, -0.05) is 0 Å². The Bertz CT molecular complexity index is 390. The Labute approximate surface area is 111 Å². The number of carbonyl (C=O) groups excluding carboxylic acids is 2. The first-order valence-corrected chi connectivity index (χ1v) is 6.77. The fourth-order valence-electron chi connectivity index (χ4n) is 1.64. The zero-order valence-corrected chi connectivity index (χ0v) is 11.8. The molecule has 0 saturated carbocycles. The number of rotatable bonds is 6. The minimum atomic E-state index is -0.194. The fourth-order valence-corrected chi connectivity index (χ4v) is 2.21. The van der Waals surface area contributed by atoms with Crippen molar-refractivity contribution in [3.8, 4) is 0 Å². The van der Waals surface area contributed by atoms with Gasteiger partial charge in [-0.15, -0.1) is 11.3 Å². The molecule has 1 aromatic rings. The molecule has 0 bridgehead atoms. The van der Waals surface area contributed by atoms with Crippen LogP contribution in [0.15, 0.2) is 10.9 Å². The van der Waals surface area contributed by atoms with Gasteiger partial charge in [-0.25, -0.2) is 4.98 Å². The van der Waals surface area contributed by atoms with Crippen molar-refractivity contribution in [2.75, 3.05) is 21.1 Å². The highest BCUT2D eigenvalue weighted by Crippen LogP contribution is 2.15. The number of thiazole rings is 1. The van der Waals surface area contributed by atoms with Crippen molar-refractivity contribution in [1.29, 1.82) is 0 Å². The monoisotopic (exact) mass is 269 g/mol. The first kappa shape index (κ1) is 14.6. The predicted molar refractivity (Wildman–Crippen MR) is 71.3 cm³/mol. The molecule has 1 aromatic heterocycles. The smallest absolute Gasteiger partial charge is 0.223 e. The molecule has 1 unspecified atom stereocenters. The Morgan fingerprint density at radius 1 is 1.50 bits per heavy atom. The maximum Gasteiger partial charge on any atom is 0.223 e. The van der Waals surface area contributed by atoms with Crippen LogP contribution in [0.25, 0.3) is 0 Å². The standard InChI is InChI=1S/C12H19N3O2S/c1-13-12(17)9(4-5-11(16)15(2)3)6-10-7-18-8-14-10/h7-9H,4-6H2,1-3H3,(H,13,17). The Morgan fingerprint density at radius 2 is 2.22 bits per heavy atom. The summed E-state index contributed by atoms with van der Waals surface area (Å²) in [5.41, 5.74) is 2.66. The van der Waals surface area contributed by atoms with Crippen LogP contribution in [0.3, 0.4) is 0 Å². The van der Waals surface area contributed by atoms with Crippen LogP contribution in [-0.4, -0.2) is 42.8 Å². The highest BCUT2D eigenvalue weighted by atomic mass is 32.1. The molecule has 0 aliphatic carbocycles. The van der Waals surface area contributed by atoms with E-state index in [9.17, 15) is 9.59 Å². The molecule has 6 heteroatoms. The summed E-state index contributed by atoms with van der Waals surface area (Å²) in [7, 11) is 5.06. The van der Waals surface area contributed by atoms with Crippen molar-refractivity contribution in [3.05, 3.63) is 16.6 Å². The lowest BCUT2D eigenvalue weighted by molar-refractivity contribution is -0.129. The maximum atomic E-state index is 11.8. The van der Waals surface area contributed by atoms with Crippen molar-refractivity contribution < 1.29 is 9.59 Å². The van der Waals surface area contributed by atoms with Crippen LogP contribution in [0.1, 0.15) is 18.5 Å². The lowest BCUT2D eigenvalue weighted by Crippen LogP contribution is -2.30. The van der Waals surface area contributed by atoms with Crippen molar-refractivity contribution in [2.24, 2.45) is 5.92 Å². The second-order valence-electron chi connectivity index (χ2n) is 4.32. The molecule has 0 spiro atoms. The number of amides is 2. The molecule has 0 aliphatic rings. The normalized spacial score (nSPS) is 11.9. The molecule has 0 aromatic carbocycles. The Hall–Kier alpha value is -1.43. The van der Waals surface area contributed by atoms with Gasteiger partial charge in [0.25, 0.3) is 0 Å². The molecule has 2 amide bonds. The van der Waals surface area contributed by atoms with Crippen molar-refractivity contribution in [2.45, 2.75) is 19.3 Å². The van der Waals surface area contributed by atoms with Gasteiger partial charge in [0.05, 0.1) is 11.2 Å². The van der Waals surface area contributed by atoms with Gasteiger partial charge in [0.15, 0.2) is 0 Å². The molecule has 1 atom stereocenters. The molecular weight excluding hydrogens is 250 g/mol. The summed E-state index contributed by atoms with van der Waals surface area (Å²) >= 11 is 1.51. The molecule has 1 N–H and O–H groups in total. The molecule has 0 saturated heterocycles. The van der Waals surface area contributed by atoms with E-state index in [2.05, 4.69) is 10.3 Å². The molecule has 5 nitrogen and oxygen atoms in total. The van der Waals surface area contributed by atoms with Crippen LogP contribution in [0.2, 0.25) is 0 Å². The fraction of sp³-hybridized carbons (Fsp3) is 0.583. The summed E-state index contributed by atoms with van der Waals surface area (Å²) in [4.78, 5) is 29.0. The van der Waals surface area contributed by atoms with Gasteiger partial charge in [-0.3, -0.25) is 9.59 Å². The molecule has 0 radical (unpaired) electrons. The zero-order valence-electron chi connectivity index (χ0n) is 11.0. The third-order valence-corrected chi connectivity index (χ3v) is 3.40. The van der Waals surface area contributed by atoms with E-state index >= 15 is 0 Å². The first-order valence-electron chi connectivity index (χ1n) is 5.83. The van der Waals surface area contributed by atoms with E-state index in [4.69, 9.17) is 0 Å². The van der Waals surface area contributed by atoms with Gasteiger partial charge < -0.3 is 10.2 Å². The molecule has 18 heavy (non-hydrogen) atoms. The average molecular weight is 269 g/mol. The molecule has 0 fully saturated rings. The third kappa shape index (κ3) is 4.44. The van der Waals surface area contributed by atoms with Gasteiger partial charge in [0.1, 0.15) is 0 Å². The Morgan fingerprint density at radius 3 is 2.72 bits per heavy atom. The summed E-state index contributed by atoms with van der Waals surface area (Å²) in [6.45, 7) is 0. The van der Waals surface area contributed by atoms with Crippen LogP contribution in [0, 0.1) is 5.92 Å². The Kier molecular flexibility index (Phi) is 5.77. The number of carbonyl (C=O) groups is 2. The number of hydrogen-bond acceptors (Lipinski definition) is 4. The maximum absolute atomic E-state index is 11.8. The number of nitrogens with zero attached hydrogens (tertiary/aromatic N) is 2. The average Bonchev–Trinajstić information content (AvgIpc) is 2.85. The SMILES string of the molecule is CNC(=O)C(CCC(=O)N(C)C)Cc1cscn1. The summed E-state index contributed by atoms with van der Waals surface area (Å²) in [5, 5.41) is 4.58. The predicted octanol–water partition coefficient (Wildman–Crippen LogP) is 0.916. The van der Waals surface area contributed by atoms with Crippen LogP contribution in [0.4, 0.5) is 0 Å². The molecule has 100 valence electrons. The molecular formula is C12H19N3O2S. The van der Waals surface area contributed by atoms with Crippen LogP contribution in [0.5, 0.6) is 0 Å². The second kappa shape index (κ2) is 7.10. The van der Waals surface area contributed by atoms with E-state index in [-0.39, 0.29) is 17.7 Å². The van der Waals surface area contributed by atoms with E-state index in [1.54, 1.807) is 31.6 Å². The zero-order chi connectivity index (χ0) is 13.5. The summed E-state index contributed by atoms with van der Waals surface area (Å²) in [5.74, 6) is -0.183. The van der Waals surface area contributed by atoms with Crippen LogP contribution >= 0.6 is 11.3 Å². The summed E-state index contributed by atoms with van der Waals surface area (Å²) in [6.07, 6.45) is 1.52. The van der Waals surface area contributed by atoms with E-state index in [0.717, 1.165) is 5.69 Å². The van der Waals surface area contributed by atoms with Gasteiger partial charge in [-0.2, -0.15) is 0 Å². The minimum absolute atomic E-state index is 0.0328. The number of hydrogen-bond donors (Lipinski definition) is 1. The molecule has 0 aliphatic heterocycles. The lowest BCUT2D eigenvalue weighted by Gasteiger charge is -2.16. The van der Waals surface area contributed by atoms with Crippen molar-refractivity contribution in [3.63, 3.8) is 0 Å². The highest BCUT2D eigenvalue weighted by molar-refractivity contribution is 7.07. The van der Waals surface area contributed by atoms with Gasteiger partial charge in [-0.05, 0) is 6.42 Å². The summed E-state index contributed by atoms with van der Waals surface area (Å²) < 4.78 is 0. The second-order valence-corrected chi connectivity index (χ2v) is 5.04. The third-order valence-electron chi connectivity index (χ3n) is 2.76. The van der Waals surface area contributed by atoms with Gasteiger partial charge in [0, 0.05) is 45.3 Å². The van der Waals surface area contributed by atoms with E-state index in [1.807, 2.05) is 5.38 Å². The van der Waals surface area contributed by atoms with E-state index in [1.165, 1.54) is 11.3 Å². The van der Waals surface area contributed by atoms with E-state index < -0.39 is 0 Å². The molecule has 1 heterocycles. The van der Waals surface area contributed by atoms with Gasteiger partial charge in [0.2, 0.25) is 11.8 Å². The highest BCUT2D eigenvalue weighted by Gasteiger charge is 2.20. The molecule has 1 rings (SSSR count). The summed E-state index contributed by atoms with van der Waals surface area (Å²) in [6, 6.07) is 0. The number of nitrogens with one attached hydrogen (secondary N) is 1. The minimum Gasteiger partial charge on any atom is -0.359 e. The van der Waals surface area contributed by atoms with Crippen LogP contribution in [-0.2, 0) is 16.0 Å². The van der Waals surface area contributed by atoms with Crippen molar-refractivity contribution >= 4 is 23.2 Å². The van der Waals surface area contributed by atoms with Crippen molar-refractivity contribution in [1.82, 2.24) is 15.2 Å². The first-order chi connectivity index (χ1) is 8.54. The van der Waals surface area contributed by atoms with E-state index in [0.29, 0.717) is 19.3 Å². The van der Waals surface area contributed by atoms with Crippen LogP contribution < -0.4 is 5.32 Å².